The average Bonchev–Trinajstić information content (AvgIpc) is 3.43. The lowest BCUT2D eigenvalue weighted by molar-refractivity contribution is 0.0388. The van der Waals surface area contributed by atoms with Gasteiger partial charge in [0.05, 0.1) is 38.0 Å². The van der Waals surface area contributed by atoms with Crippen molar-refractivity contribution in [2.75, 3.05) is 13.7 Å². The van der Waals surface area contributed by atoms with Gasteiger partial charge in [0.15, 0.2) is 11.6 Å². The third-order valence-electron chi connectivity index (χ3n) is 5.21. The molecule has 0 amide bonds. The van der Waals surface area contributed by atoms with Gasteiger partial charge >= 0.3 is 0 Å². The average molecular weight is 449 g/mol. The highest BCUT2D eigenvalue weighted by molar-refractivity contribution is 6.29. The number of imidazole rings is 1. The number of rotatable bonds is 5. The summed E-state index contributed by atoms with van der Waals surface area (Å²) in [5.74, 6) is 2.12. The van der Waals surface area contributed by atoms with Gasteiger partial charge in [-0.15, -0.1) is 0 Å². The van der Waals surface area contributed by atoms with Crippen LogP contribution in [0.4, 0.5) is 0 Å². The van der Waals surface area contributed by atoms with Crippen LogP contribution < -0.4 is 4.74 Å². The second-order valence-electron chi connectivity index (χ2n) is 7.40. The van der Waals surface area contributed by atoms with Gasteiger partial charge in [-0.05, 0) is 36.8 Å². The molecule has 0 bridgehead atoms. The van der Waals surface area contributed by atoms with Crippen LogP contribution in [-0.2, 0) is 11.3 Å². The van der Waals surface area contributed by atoms with Gasteiger partial charge in [0, 0.05) is 18.0 Å². The van der Waals surface area contributed by atoms with E-state index in [1.54, 1.807) is 25.7 Å². The van der Waals surface area contributed by atoms with Crippen LogP contribution in [0.3, 0.4) is 0 Å². The molecule has 9 heteroatoms. The molecule has 1 atom stereocenters. The molecular weight excluding hydrogens is 428 g/mol. The Labute approximate surface area is 190 Å². The van der Waals surface area contributed by atoms with Crippen LogP contribution in [0.1, 0.15) is 34.6 Å². The summed E-state index contributed by atoms with van der Waals surface area (Å²) >= 11 is 5.91. The first kappa shape index (κ1) is 20.4. The maximum Gasteiger partial charge on any atom is 0.174 e. The van der Waals surface area contributed by atoms with Gasteiger partial charge < -0.3 is 14.0 Å². The molecule has 0 fully saturated rings. The van der Waals surface area contributed by atoms with E-state index in [9.17, 15) is 0 Å². The van der Waals surface area contributed by atoms with Crippen LogP contribution in [-0.4, -0.2) is 43.0 Å². The van der Waals surface area contributed by atoms with Gasteiger partial charge in [0.2, 0.25) is 0 Å². The Morgan fingerprint density at radius 2 is 2.09 bits per heavy atom. The van der Waals surface area contributed by atoms with Crippen LogP contribution in [0, 0.1) is 6.92 Å². The molecule has 8 nitrogen and oxygen atoms in total. The molecule has 0 unspecified atom stereocenters. The number of methoxy groups -OCH3 is 1. The Morgan fingerprint density at radius 1 is 1.19 bits per heavy atom. The Hall–Kier alpha value is -3.49. The maximum absolute atomic E-state index is 5.94. The predicted octanol–water partition coefficient (Wildman–Crippen LogP) is 4.12. The smallest absolute Gasteiger partial charge is 0.174 e. The summed E-state index contributed by atoms with van der Waals surface area (Å²) in [4.78, 5) is 13.1. The number of hydrogen-bond donors (Lipinski definition) is 0. The van der Waals surface area contributed by atoms with Crippen LogP contribution in [0.5, 0.6) is 5.75 Å². The molecule has 32 heavy (non-hydrogen) atoms. The largest absolute Gasteiger partial charge is 0.495 e. The van der Waals surface area contributed by atoms with Crippen molar-refractivity contribution in [2.24, 2.45) is 0 Å². The molecule has 0 spiro atoms. The monoisotopic (exact) mass is 448 g/mol. The number of halogens is 1. The first-order valence-electron chi connectivity index (χ1n) is 10.2. The van der Waals surface area contributed by atoms with E-state index in [0.29, 0.717) is 24.1 Å². The van der Waals surface area contributed by atoms with Crippen molar-refractivity contribution in [3.8, 4) is 11.4 Å². The molecule has 4 heterocycles. The third kappa shape index (κ3) is 4.02. The lowest BCUT2D eigenvalue weighted by atomic mass is 10.1. The van der Waals surface area contributed by atoms with Crippen LogP contribution in [0.15, 0.2) is 49.1 Å². The highest BCUT2D eigenvalue weighted by Gasteiger charge is 2.26. The first-order valence-corrected chi connectivity index (χ1v) is 10.5. The Bertz CT molecular complexity index is 1280. The summed E-state index contributed by atoms with van der Waals surface area (Å²) in [7, 11) is 1.66. The molecule has 0 N–H and O–H groups in total. The molecule has 5 rings (SSSR count). The SMILES string of the molecule is COc1cc(/C=C/c2nc3n(n2)CCO[C@@H]3c2ccc(Cl)nc2)ccc1-n1cnc(C)c1. The third-order valence-corrected chi connectivity index (χ3v) is 5.43. The fourth-order valence-electron chi connectivity index (χ4n) is 3.66. The number of pyridine rings is 1. The number of ether oxygens (including phenoxy) is 2. The van der Waals surface area contributed by atoms with E-state index >= 15 is 0 Å². The number of nitrogens with zero attached hydrogens (tertiary/aromatic N) is 6. The summed E-state index contributed by atoms with van der Waals surface area (Å²) < 4.78 is 15.4. The van der Waals surface area contributed by atoms with E-state index in [1.807, 2.05) is 58.8 Å². The number of benzene rings is 1. The van der Waals surface area contributed by atoms with Gasteiger partial charge in [-0.3, -0.25) is 0 Å². The Morgan fingerprint density at radius 3 is 2.84 bits per heavy atom. The zero-order chi connectivity index (χ0) is 22.1. The Balaban J connectivity index is 1.40. The van der Waals surface area contributed by atoms with E-state index in [4.69, 9.17) is 26.1 Å². The van der Waals surface area contributed by atoms with E-state index in [2.05, 4.69) is 15.1 Å². The molecule has 0 saturated carbocycles. The molecule has 1 aliphatic heterocycles. The summed E-state index contributed by atoms with van der Waals surface area (Å²) in [5.41, 5.74) is 3.75. The van der Waals surface area contributed by atoms with Crippen LogP contribution in [0.25, 0.3) is 17.8 Å². The molecule has 0 saturated heterocycles. The van der Waals surface area contributed by atoms with Gasteiger partial charge in [-0.25, -0.2) is 19.6 Å². The standard InChI is InChI=1S/C23H21ClN6O2/c1-15-13-29(14-26-15)18-6-3-16(11-19(18)31-2)4-8-21-27-23-22(32-10-9-30(23)28-21)17-5-7-20(24)25-12-17/h3-8,11-14,22H,9-10H2,1-2H3/b8-4+/t22-/m1/s1. The summed E-state index contributed by atoms with van der Waals surface area (Å²) in [5, 5.41) is 5.06. The number of aromatic nitrogens is 6. The van der Waals surface area contributed by atoms with Gasteiger partial charge in [-0.1, -0.05) is 29.8 Å². The van der Waals surface area contributed by atoms with Gasteiger partial charge in [0.25, 0.3) is 0 Å². The fourth-order valence-corrected chi connectivity index (χ4v) is 3.77. The molecule has 0 radical (unpaired) electrons. The van der Waals surface area contributed by atoms with Crippen molar-refractivity contribution in [1.29, 1.82) is 0 Å². The molecule has 0 aliphatic carbocycles. The quantitative estimate of drug-likeness (QED) is 0.427. The van der Waals surface area contributed by atoms with E-state index in [0.717, 1.165) is 34.1 Å². The predicted molar refractivity (Wildman–Crippen MR) is 121 cm³/mol. The normalized spacial score (nSPS) is 15.8. The van der Waals surface area contributed by atoms with Gasteiger partial charge in [0.1, 0.15) is 17.0 Å². The van der Waals surface area contributed by atoms with E-state index in [1.165, 1.54) is 0 Å². The van der Waals surface area contributed by atoms with Crippen molar-refractivity contribution >= 4 is 23.8 Å². The van der Waals surface area contributed by atoms with Crippen molar-refractivity contribution < 1.29 is 9.47 Å². The second-order valence-corrected chi connectivity index (χ2v) is 7.79. The highest BCUT2D eigenvalue weighted by atomic mass is 35.5. The zero-order valence-electron chi connectivity index (χ0n) is 17.6. The molecule has 162 valence electrons. The number of hydrogen-bond acceptors (Lipinski definition) is 6. The van der Waals surface area contributed by atoms with Crippen molar-refractivity contribution in [2.45, 2.75) is 19.6 Å². The maximum atomic E-state index is 5.94. The van der Waals surface area contributed by atoms with Crippen molar-refractivity contribution in [3.63, 3.8) is 0 Å². The molecule has 3 aromatic heterocycles. The van der Waals surface area contributed by atoms with Gasteiger partial charge in [-0.2, -0.15) is 5.10 Å². The van der Waals surface area contributed by atoms with Crippen LogP contribution in [0.2, 0.25) is 5.15 Å². The number of fused-ring (bicyclic) bond motifs is 1. The van der Waals surface area contributed by atoms with Crippen molar-refractivity contribution in [1.82, 2.24) is 29.3 Å². The molecule has 4 aromatic rings. The molecular formula is C23H21ClN6O2. The minimum absolute atomic E-state index is 0.318. The summed E-state index contributed by atoms with van der Waals surface area (Å²) in [6, 6.07) is 9.64. The van der Waals surface area contributed by atoms with E-state index < -0.39 is 0 Å². The molecule has 1 aliphatic rings. The topological polar surface area (TPSA) is 79.9 Å². The second kappa shape index (κ2) is 8.57. The number of aryl methyl sites for hydroxylation is 1. The minimum Gasteiger partial charge on any atom is -0.495 e. The summed E-state index contributed by atoms with van der Waals surface area (Å²) in [6.07, 6.45) is 8.98. The fraction of sp³-hybridized carbons (Fsp3) is 0.217. The van der Waals surface area contributed by atoms with Crippen molar-refractivity contribution in [3.05, 3.63) is 82.7 Å². The lowest BCUT2D eigenvalue weighted by Gasteiger charge is -2.22. The minimum atomic E-state index is -0.318. The highest BCUT2D eigenvalue weighted by Crippen LogP contribution is 2.29. The summed E-state index contributed by atoms with van der Waals surface area (Å²) in [6.45, 7) is 3.16. The molecule has 1 aromatic carbocycles. The van der Waals surface area contributed by atoms with Crippen LogP contribution >= 0.6 is 11.6 Å². The van der Waals surface area contributed by atoms with E-state index in [-0.39, 0.29) is 6.10 Å². The zero-order valence-corrected chi connectivity index (χ0v) is 18.4. The first-order chi connectivity index (χ1) is 15.6. The lowest BCUT2D eigenvalue weighted by Crippen LogP contribution is -2.23. The Kier molecular flexibility index (Phi) is 5.46.